The maximum Gasteiger partial charge on any atom is 0.435 e. The molecule has 3 heterocycles. The molecule has 0 saturated heterocycles. The molecule has 1 aliphatic carbocycles. The molecule has 2 aromatic carbocycles. The SMILES string of the molecule is C[C@@H]1c2c(C(F)(F)F)nn(CC(=O)C[C@@H](Cc3cc(F)cc(F)c3)c3nc(C#CC(C)(C)O)ccc3-c3ccc(Cl)c4c(CS(C)(=O)=O)nn(C)c34)c2C(F)(F)[C@@H]1C. The van der Waals surface area contributed by atoms with Crippen molar-refractivity contribution in [2.75, 3.05) is 6.26 Å². The number of sulfone groups is 1. The van der Waals surface area contributed by atoms with Crippen molar-refractivity contribution in [2.24, 2.45) is 13.0 Å². The van der Waals surface area contributed by atoms with E-state index in [0.717, 1.165) is 25.3 Å². The van der Waals surface area contributed by atoms with E-state index < -0.39 is 98.4 Å². The fourth-order valence-electron chi connectivity index (χ4n) is 7.47. The molecule has 0 saturated carbocycles. The number of ketones is 1. The number of Topliss-reactive ketones (excluding diaryl/α,β-unsaturated/α-hetero) is 1. The normalized spacial score (nSPS) is 17.3. The van der Waals surface area contributed by atoms with E-state index in [9.17, 15) is 40.3 Å². The van der Waals surface area contributed by atoms with Crippen molar-refractivity contribution < 1.29 is 49.1 Å². The van der Waals surface area contributed by atoms with Crippen LogP contribution in [0.25, 0.3) is 22.0 Å². The lowest BCUT2D eigenvalue weighted by molar-refractivity contribution is -0.142. The third-order valence-electron chi connectivity index (χ3n) is 10.1. The van der Waals surface area contributed by atoms with Gasteiger partial charge in [-0.2, -0.15) is 32.1 Å². The van der Waals surface area contributed by atoms with E-state index in [4.69, 9.17) is 16.6 Å². The molecule has 18 heteroatoms. The summed E-state index contributed by atoms with van der Waals surface area (Å²) in [6.07, 6.45) is -4.97. The van der Waals surface area contributed by atoms with Gasteiger partial charge < -0.3 is 5.11 Å². The van der Waals surface area contributed by atoms with Gasteiger partial charge in [0.15, 0.2) is 21.3 Å². The van der Waals surface area contributed by atoms with Crippen molar-refractivity contribution in [3.8, 4) is 23.0 Å². The van der Waals surface area contributed by atoms with Crippen LogP contribution in [-0.4, -0.2) is 55.7 Å². The predicted molar refractivity (Wildman–Crippen MR) is 202 cm³/mol. The number of aromatic nitrogens is 5. The van der Waals surface area contributed by atoms with Gasteiger partial charge in [-0.3, -0.25) is 14.2 Å². The Hall–Kier alpha value is -4.79. The Balaban J connectivity index is 1.55. The number of hydrogen-bond acceptors (Lipinski definition) is 7. The monoisotopic (exact) mass is 851 g/mol. The van der Waals surface area contributed by atoms with Crippen molar-refractivity contribution in [1.82, 2.24) is 24.5 Å². The summed E-state index contributed by atoms with van der Waals surface area (Å²) in [5.41, 5.74) is -3.29. The van der Waals surface area contributed by atoms with Gasteiger partial charge in [-0.1, -0.05) is 37.4 Å². The number of rotatable bonds is 10. The molecule has 3 atom stereocenters. The second-order valence-electron chi connectivity index (χ2n) is 15.3. The fourth-order valence-corrected chi connectivity index (χ4v) is 8.43. The van der Waals surface area contributed by atoms with Crippen LogP contribution in [0.2, 0.25) is 5.02 Å². The number of halogens is 8. The Kier molecular flexibility index (Phi) is 11.1. The zero-order chi connectivity index (χ0) is 42.9. The second kappa shape index (κ2) is 15.1. The number of nitrogens with zero attached hydrogens (tertiary/aromatic N) is 5. The summed E-state index contributed by atoms with van der Waals surface area (Å²) in [7, 11) is -2.05. The molecule has 0 unspecified atom stereocenters. The van der Waals surface area contributed by atoms with E-state index in [1.54, 1.807) is 19.2 Å². The quantitative estimate of drug-likeness (QED) is 0.111. The summed E-state index contributed by atoms with van der Waals surface area (Å²) in [6, 6.07) is 8.86. The summed E-state index contributed by atoms with van der Waals surface area (Å²) in [5.74, 6) is -5.48. The molecular formula is C40H37ClF7N5O4S. The Morgan fingerprint density at radius 2 is 1.67 bits per heavy atom. The number of carbonyl (C=O) groups excluding carboxylic acids is 1. The summed E-state index contributed by atoms with van der Waals surface area (Å²) in [6.45, 7) is 4.21. The number of alkyl halides is 5. The number of fused-ring (bicyclic) bond motifs is 2. The molecule has 0 amide bonds. The molecule has 308 valence electrons. The van der Waals surface area contributed by atoms with Gasteiger partial charge >= 0.3 is 6.18 Å². The zero-order valence-corrected chi connectivity index (χ0v) is 33.5. The molecule has 6 rings (SSSR count). The van der Waals surface area contributed by atoms with Crippen LogP contribution in [0.5, 0.6) is 0 Å². The van der Waals surface area contributed by atoms with E-state index in [0.29, 0.717) is 32.8 Å². The number of aliphatic hydroxyl groups is 1. The maximum atomic E-state index is 15.6. The summed E-state index contributed by atoms with van der Waals surface area (Å²) < 4.78 is 129. The van der Waals surface area contributed by atoms with E-state index in [2.05, 4.69) is 22.0 Å². The standard InChI is InChI=1S/C40H37ClF7N5O4S/c1-20-21(2)39(44,45)37-32(20)36(40(46,47)48)51-53(37)18-27(54)16-23(13-22-14-24(42)17-25(43)15-22)34-28(8-7-26(49-34)11-12-38(3,4)55)29-9-10-30(41)33-31(19-58(6,56)57)50-52(5)35(29)33/h7-10,14-15,17,20-21,23,55H,13,16,18-19H2,1-6H3/t20-,21+,23+/m0/s1. The van der Waals surface area contributed by atoms with Gasteiger partial charge in [0.2, 0.25) is 0 Å². The van der Waals surface area contributed by atoms with Crippen LogP contribution in [0, 0.1) is 29.4 Å². The first kappa shape index (κ1) is 42.8. The molecule has 0 radical (unpaired) electrons. The summed E-state index contributed by atoms with van der Waals surface area (Å²) in [5, 5.41) is 18.7. The summed E-state index contributed by atoms with van der Waals surface area (Å²) >= 11 is 6.61. The number of benzene rings is 2. The highest BCUT2D eigenvalue weighted by Gasteiger charge is 2.57. The number of hydrogen-bond donors (Lipinski definition) is 1. The van der Waals surface area contributed by atoms with Crippen molar-refractivity contribution in [3.05, 3.63) is 98.7 Å². The zero-order valence-electron chi connectivity index (χ0n) is 31.9. The Labute approximate surface area is 334 Å². The van der Waals surface area contributed by atoms with Gasteiger partial charge in [-0.25, -0.2) is 22.2 Å². The van der Waals surface area contributed by atoms with E-state index in [1.807, 2.05) is 0 Å². The van der Waals surface area contributed by atoms with Crippen LogP contribution in [0.15, 0.2) is 42.5 Å². The second-order valence-corrected chi connectivity index (χ2v) is 17.8. The minimum absolute atomic E-state index is 0.0572. The first-order valence-electron chi connectivity index (χ1n) is 17.9. The average molecular weight is 852 g/mol. The number of pyridine rings is 1. The topological polar surface area (TPSA) is 120 Å². The Bertz CT molecular complexity index is 2620. The lowest BCUT2D eigenvalue weighted by Gasteiger charge is -2.22. The average Bonchev–Trinajstić information content (AvgIpc) is 3.68. The van der Waals surface area contributed by atoms with Gasteiger partial charge in [-0.05, 0) is 68.0 Å². The highest BCUT2D eigenvalue weighted by molar-refractivity contribution is 7.89. The molecule has 1 N–H and O–H groups in total. The molecule has 5 aromatic rings. The Morgan fingerprint density at radius 1 is 1.03 bits per heavy atom. The highest BCUT2D eigenvalue weighted by Crippen LogP contribution is 2.55. The van der Waals surface area contributed by atoms with Crippen LogP contribution < -0.4 is 0 Å². The van der Waals surface area contributed by atoms with Gasteiger partial charge in [0.1, 0.15) is 35.2 Å². The highest BCUT2D eigenvalue weighted by atomic mass is 35.5. The lowest BCUT2D eigenvalue weighted by atomic mass is 9.86. The maximum absolute atomic E-state index is 15.6. The first-order valence-corrected chi connectivity index (χ1v) is 20.3. The summed E-state index contributed by atoms with van der Waals surface area (Å²) in [4.78, 5) is 18.8. The third kappa shape index (κ3) is 8.64. The van der Waals surface area contributed by atoms with E-state index >= 15 is 8.78 Å². The van der Waals surface area contributed by atoms with E-state index in [-0.39, 0.29) is 34.1 Å². The molecule has 9 nitrogen and oxygen atoms in total. The van der Waals surface area contributed by atoms with Crippen molar-refractivity contribution in [3.63, 3.8) is 0 Å². The van der Waals surface area contributed by atoms with Crippen molar-refractivity contribution >= 4 is 38.1 Å². The van der Waals surface area contributed by atoms with Crippen molar-refractivity contribution in [1.29, 1.82) is 0 Å². The number of carbonyl (C=O) groups is 1. The van der Waals surface area contributed by atoms with Crippen LogP contribution in [0.1, 0.15) is 85.5 Å². The van der Waals surface area contributed by atoms with Gasteiger partial charge in [0, 0.05) is 59.7 Å². The van der Waals surface area contributed by atoms with Crippen LogP contribution in [0.3, 0.4) is 0 Å². The molecular weight excluding hydrogens is 815 g/mol. The molecule has 0 aliphatic heterocycles. The van der Waals surface area contributed by atoms with Gasteiger partial charge in [0.05, 0.1) is 27.7 Å². The minimum atomic E-state index is -5.10. The minimum Gasteiger partial charge on any atom is -0.378 e. The van der Waals surface area contributed by atoms with Gasteiger partial charge in [-0.15, -0.1) is 0 Å². The van der Waals surface area contributed by atoms with Gasteiger partial charge in [0.25, 0.3) is 5.92 Å². The number of aryl methyl sites for hydroxylation is 1. The van der Waals surface area contributed by atoms with Crippen LogP contribution in [0.4, 0.5) is 30.7 Å². The smallest absolute Gasteiger partial charge is 0.378 e. The third-order valence-corrected chi connectivity index (χ3v) is 11.2. The first-order chi connectivity index (χ1) is 26.7. The van der Waals surface area contributed by atoms with Crippen LogP contribution in [-0.2, 0) is 52.5 Å². The lowest BCUT2D eigenvalue weighted by Crippen LogP contribution is -2.26. The van der Waals surface area contributed by atoms with Crippen molar-refractivity contribution in [2.45, 2.75) is 82.4 Å². The molecule has 0 fully saturated rings. The Morgan fingerprint density at radius 3 is 2.28 bits per heavy atom. The molecule has 1 aliphatic rings. The van der Waals surface area contributed by atoms with E-state index in [1.165, 1.54) is 37.6 Å². The fraction of sp³-hybridized carbons (Fsp3) is 0.400. The molecule has 58 heavy (non-hydrogen) atoms. The largest absolute Gasteiger partial charge is 0.435 e. The molecule has 3 aromatic heterocycles. The molecule has 0 spiro atoms. The molecule has 0 bridgehead atoms. The van der Waals surface area contributed by atoms with Crippen LogP contribution >= 0.6 is 11.6 Å². The predicted octanol–water partition coefficient (Wildman–Crippen LogP) is 8.28.